The monoisotopic (exact) mass is 427 g/mol. The van der Waals surface area contributed by atoms with E-state index in [9.17, 15) is 14.4 Å². The average molecular weight is 428 g/mol. The molecule has 27 heavy (non-hydrogen) atoms. The number of amides is 2. The van der Waals surface area contributed by atoms with E-state index in [2.05, 4.69) is 15.9 Å². The van der Waals surface area contributed by atoms with Gasteiger partial charge in [-0.15, -0.1) is 0 Å². The first-order valence-electron chi connectivity index (χ1n) is 8.68. The molecule has 2 aliphatic heterocycles. The second kappa shape index (κ2) is 6.02. The minimum atomic E-state index is -1.05. The summed E-state index contributed by atoms with van der Waals surface area (Å²) in [6.07, 6.45) is 0. The summed E-state index contributed by atoms with van der Waals surface area (Å²) in [7, 11) is 0. The number of anilines is 1. The molecule has 0 N–H and O–H groups in total. The SMILES string of the molecule is Cc1ccc(N2C(=O)[C@H]3C(=O)Oc4ccc(Br)cc4[C@H]3C(C)(C)C2=O)cc1. The van der Waals surface area contributed by atoms with Crippen molar-refractivity contribution in [1.29, 1.82) is 0 Å². The van der Waals surface area contributed by atoms with Crippen molar-refractivity contribution in [2.75, 3.05) is 4.90 Å². The molecule has 1 fully saturated rings. The summed E-state index contributed by atoms with van der Waals surface area (Å²) in [6.45, 7) is 5.49. The molecule has 2 aliphatic rings. The van der Waals surface area contributed by atoms with E-state index >= 15 is 0 Å². The zero-order valence-electron chi connectivity index (χ0n) is 15.2. The highest BCUT2D eigenvalue weighted by molar-refractivity contribution is 9.10. The lowest BCUT2D eigenvalue weighted by Crippen LogP contribution is -2.61. The van der Waals surface area contributed by atoms with Gasteiger partial charge in [-0.2, -0.15) is 0 Å². The first kappa shape index (κ1) is 17.9. The highest BCUT2D eigenvalue weighted by Gasteiger charge is 2.59. The number of nitrogens with zero attached hydrogens (tertiary/aromatic N) is 1. The van der Waals surface area contributed by atoms with Gasteiger partial charge in [0.25, 0.3) is 0 Å². The Labute approximate surface area is 165 Å². The first-order chi connectivity index (χ1) is 12.7. The average Bonchev–Trinajstić information content (AvgIpc) is 2.61. The third-order valence-corrected chi connectivity index (χ3v) is 5.91. The van der Waals surface area contributed by atoms with E-state index in [-0.39, 0.29) is 5.91 Å². The number of ether oxygens (including phenoxy) is 1. The summed E-state index contributed by atoms with van der Waals surface area (Å²) in [6, 6.07) is 12.4. The standard InChI is InChI=1S/C21H18BrNO4/c1-11-4-7-13(8-5-11)23-18(24)16-17(21(2,3)20(23)26)14-10-12(22)6-9-15(14)27-19(16)25/h4-10,16-17H,1-3H3/t16-,17+/m0/s1. The van der Waals surface area contributed by atoms with Crippen LogP contribution in [0.4, 0.5) is 5.69 Å². The normalized spacial score (nSPS) is 23.6. The van der Waals surface area contributed by atoms with Crippen LogP contribution in [0.1, 0.15) is 30.9 Å². The Morgan fingerprint density at radius 1 is 1.04 bits per heavy atom. The van der Waals surface area contributed by atoms with Crippen molar-refractivity contribution < 1.29 is 19.1 Å². The number of benzene rings is 2. The molecule has 2 atom stereocenters. The topological polar surface area (TPSA) is 63.7 Å². The quantitative estimate of drug-likeness (QED) is 0.299. The van der Waals surface area contributed by atoms with Crippen LogP contribution < -0.4 is 9.64 Å². The van der Waals surface area contributed by atoms with Gasteiger partial charge in [0.2, 0.25) is 11.8 Å². The van der Waals surface area contributed by atoms with Gasteiger partial charge in [0, 0.05) is 16.0 Å². The number of halogens is 1. The molecule has 0 bridgehead atoms. The number of hydrogen-bond acceptors (Lipinski definition) is 4. The Hall–Kier alpha value is -2.47. The molecular weight excluding hydrogens is 410 g/mol. The van der Waals surface area contributed by atoms with Crippen LogP contribution in [-0.4, -0.2) is 17.8 Å². The Kier molecular flexibility index (Phi) is 4.00. The molecule has 0 spiro atoms. The van der Waals surface area contributed by atoms with E-state index in [4.69, 9.17) is 4.74 Å². The summed E-state index contributed by atoms with van der Waals surface area (Å²) in [5.41, 5.74) is 1.22. The number of imide groups is 1. The van der Waals surface area contributed by atoms with Crippen LogP contribution >= 0.6 is 15.9 Å². The maximum Gasteiger partial charge on any atom is 0.324 e. The predicted molar refractivity (Wildman–Crippen MR) is 103 cm³/mol. The van der Waals surface area contributed by atoms with Gasteiger partial charge in [0.15, 0.2) is 0 Å². The molecule has 2 aromatic carbocycles. The number of carbonyl (C=O) groups is 3. The maximum atomic E-state index is 13.3. The van der Waals surface area contributed by atoms with Crippen molar-refractivity contribution in [3.8, 4) is 5.75 Å². The number of rotatable bonds is 1. The van der Waals surface area contributed by atoms with Crippen LogP contribution in [0.2, 0.25) is 0 Å². The van der Waals surface area contributed by atoms with E-state index in [0.29, 0.717) is 17.0 Å². The molecule has 0 radical (unpaired) electrons. The molecule has 2 amide bonds. The van der Waals surface area contributed by atoms with E-state index in [1.165, 1.54) is 0 Å². The van der Waals surface area contributed by atoms with Gasteiger partial charge in [-0.3, -0.25) is 14.4 Å². The van der Waals surface area contributed by atoms with Crippen LogP contribution in [0.3, 0.4) is 0 Å². The smallest absolute Gasteiger partial charge is 0.324 e. The summed E-state index contributed by atoms with van der Waals surface area (Å²) < 4.78 is 6.24. The minimum Gasteiger partial charge on any atom is -0.426 e. The lowest BCUT2D eigenvalue weighted by Gasteiger charge is -2.47. The molecule has 0 aromatic heterocycles. The van der Waals surface area contributed by atoms with Gasteiger partial charge >= 0.3 is 5.97 Å². The van der Waals surface area contributed by atoms with Gasteiger partial charge in [0.1, 0.15) is 11.7 Å². The summed E-state index contributed by atoms with van der Waals surface area (Å²) in [5.74, 6) is -2.70. The van der Waals surface area contributed by atoms with Crippen molar-refractivity contribution in [3.63, 3.8) is 0 Å². The fourth-order valence-electron chi connectivity index (χ4n) is 3.99. The molecule has 5 nitrogen and oxygen atoms in total. The molecule has 138 valence electrons. The highest BCUT2D eigenvalue weighted by Crippen LogP contribution is 2.53. The number of piperidine rings is 1. The molecular formula is C21H18BrNO4. The number of aryl methyl sites for hydroxylation is 1. The second-order valence-electron chi connectivity index (χ2n) is 7.59. The zero-order valence-corrected chi connectivity index (χ0v) is 16.7. The predicted octanol–water partition coefficient (Wildman–Crippen LogP) is 3.98. The Morgan fingerprint density at radius 2 is 1.70 bits per heavy atom. The van der Waals surface area contributed by atoms with Gasteiger partial charge < -0.3 is 4.74 Å². The van der Waals surface area contributed by atoms with Crippen molar-refractivity contribution >= 4 is 39.4 Å². The van der Waals surface area contributed by atoms with Crippen molar-refractivity contribution in [2.24, 2.45) is 11.3 Å². The molecule has 4 rings (SSSR count). The minimum absolute atomic E-state index is 0.321. The molecule has 6 heteroatoms. The van der Waals surface area contributed by atoms with Crippen LogP contribution in [0.15, 0.2) is 46.9 Å². The summed E-state index contributed by atoms with van der Waals surface area (Å²) in [4.78, 5) is 40.4. The van der Waals surface area contributed by atoms with Gasteiger partial charge in [-0.1, -0.05) is 47.5 Å². The summed E-state index contributed by atoms with van der Waals surface area (Å²) in [5, 5.41) is 0. The van der Waals surface area contributed by atoms with Crippen molar-refractivity contribution in [3.05, 3.63) is 58.1 Å². The maximum absolute atomic E-state index is 13.3. The fraction of sp³-hybridized carbons (Fsp3) is 0.286. The number of esters is 1. The van der Waals surface area contributed by atoms with Crippen molar-refractivity contribution in [1.82, 2.24) is 0 Å². The highest BCUT2D eigenvalue weighted by atomic mass is 79.9. The van der Waals surface area contributed by atoms with Crippen LogP contribution in [0, 0.1) is 18.3 Å². The van der Waals surface area contributed by atoms with E-state index in [1.54, 1.807) is 38.1 Å². The second-order valence-corrected chi connectivity index (χ2v) is 8.51. The van der Waals surface area contributed by atoms with Crippen LogP contribution in [0.25, 0.3) is 0 Å². The molecule has 2 aromatic rings. The van der Waals surface area contributed by atoms with Gasteiger partial charge in [0.05, 0.1) is 11.1 Å². The molecule has 2 heterocycles. The first-order valence-corrected chi connectivity index (χ1v) is 9.47. The van der Waals surface area contributed by atoms with E-state index < -0.39 is 29.1 Å². The summed E-state index contributed by atoms with van der Waals surface area (Å²) >= 11 is 3.42. The van der Waals surface area contributed by atoms with Crippen LogP contribution in [-0.2, 0) is 14.4 Å². The zero-order chi connectivity index (χ0) is 19.5. The molecule has 0 saturated carbocycles. The Bertz CT molecular complexity index is 980. The van der Waals surface area contributed by atoms with E-state index in [0.717, 1.165) is 14.9 Å². The van der Waals surface area contributed by atoms with Crippen molar-refractivity contribution in [2.45, 2.75) is 26.7 Å². The molecule has 1 saturated heterocycles. The van der Waals surface area contributed by atoms with Gasteiger partial charge in [-0.05, 0) is 37.3 Å². The molecule has 0 aliphatic carbocycles. The fourth-order valence-corrected chi connectivity index (χ4v) is 4.37. The Balaban J connectivity index is 1.88. The largest absolute Gasteiger partial charge is 0.426 e. The number of carbonyl (C=O) groups excluding carboxylic acids is 3. The van der Waals surface area contributed by atoms with Crippen LogP contribution in [0.5, 0.6) is 5.75 Å². The third kappa shape index (κ3) is 2.62. The van der Waals surface area contributed by atoms with E-state index in [1.807, 2.05) is 25.1 Å². The number of fused-ring (bicyclic) bond motifs is 3. The lowest BCUT2D eigenvalue weighted by molar-refractivity contribution is -0.154. The third-order valence-electron chi connectivity index (χ3n) is 5.42. The van der Waals surface area contributed by atoms with Gasteiger partial charge in [-0.25, -0.2) is 4.90 Å². The number of hydrogen-bond donors (Lipinski definition) is 0. The Morgan fingerprint density at radius 3 is 2.37 bits per heavy atom. The lowest BCUT2D eigenvalue weighted by atomic mass is 9.63. The molecule has 0 unspecified atom stereocenters.